The van der Waals surface area contributed by atoms with Crippen LogP contribution in [-0.4, -0.2) is 64.4 Å². The summed E-state index contributed by atoms with van der Waals surface area (Å²) in [5.74, 6) is 2.34. The molecule has 1 aliphatic heterocycles. The van der Waals surface area contributed by atoms with Gasteiger partial charge in [-0.05, 0) is 78.7 Å². The van der Waals surface area contributed by atoms with E-state index in [1.54, 1.807) is 25.6 Å². The summed E-state index contributed by atoms with van der Waals surface area (Å²) in [6.07, 6.45) is 0. The fraction of sp³-hybridized carbons (Fsp3) is 0.300. The Hall–Kier alpha value is -3.39. The molecule has 1 aromatic heterocycles. The molecule has 4 aromatic rings. The van der Waals surface area contributed by atoms with Crippen LogP contribution in [0.4, 0.5) is 0 Å². The Bertz CT molecular complexity index is 1390. The minimum absolute atomic E-state index is 0.0141. The van der Waals surface area contributed by atoms with Crippen LogP contribution in [0.2, 0.25) is 0 Å². The molecule has 192 valence electrons. The van der Waals surface area contributed by atoms with E-state index in [-0.39, 0.29) is 5.78 Å². The second-order valence-electron chi connectivity index (χ2n) is 9.01. The van der Waals surface area contributed by atoms with Crippen molar-refractivity contribution < 1.29 is 23.7 Å². The molecule has 0 unspecified atom stereocenters. The summed E-state index contributed by atoms with van der Waals surface area (Å²) >= 11 is 1.60. The largest absolute Gasteiger partial charge is 0.497 e. The molecule has 7 heteroatoms. The summed E-state index contributed by atoms with van der Waals surface area (Å²) in [7, 11) is 3.32. The number of methoxy groups -OCH3 is 2. The van der Waals surface area contributed by atoms with Gasteiger partial charge in [-0.25, -0.2) is 0 Å². The molecule has 0 aliphatic carbocycles. The maximum Gasteiger partial charge on any atom is 0.195 e. The van der Waals surface area contributed by atoms with Gasteiger partial charge < -0.3 is 18.9 Å². The predicted molar refractivity (Wildman–Crippen MR) is 148 cm³/mol. The van der Waals surface area contributed by atoms with Gasteiger partial charge in [0.2, 0.25) is 0 Å². The molecule has 1 fully saturated rings. The first-order valence-corrected chi connectivity index (χ1v) is 13.2. The van der Waals surface area contributed by atoms with E-state index in [1.807, 2.05) is 61.5 Å². The van der Waals surface area contributed by atoms with Crippen LogP contribution in [0.3, 0.4) is 0 Å². The second-order valence-corrected chi connectivity index (χ2v) is 10.1. The summed E-state index contributed by atoms with van der Waals surface area (Å²) in [4.78, 5) is 17.2. The molecule has 5 rings (SSSR count). The van der Waals surface area contributed by atoms with Crippen molar-refractivity contribution in [2.24, 2.45) is 0 Å². The van der Waals surface area contributed by atoms with Crippen molar-refractivity contribution in [1.29, 1.82) is 0 Å². The summed E-state index contributed by atoms with van der Waals surface area (Å²) in [5.41, 5.74) is 3.34. The lowest BCUT2D eigenvalue weighted by molar-refractivity contribution is 0.0322. The topological polar surface area (TPSA) is 57.2 Å². The number of aryl methyl sites for hydroxylation is 1. The molecule has 0 N–H and O–H groups in total. The molecule has 0 amide bonds. The zero-order chi connectivity index (χ0) is 25.8. The number of hydrogen-bond donors (Lipinski definition) is 0. The van der Waals surface area contributed by atoms with Crippen LogP contribution in [0.15, 0.2) is 60.7 Å². The monoisotopic (exact) mass is 517 g/mol. The SMILES string of the molecule is COc1ccc2c(C(=O)c3ccc(OCCN4CCOCC4)cc3)c(-c3ccc(OC)c(C)c3)sc2c1. The Morgan fingerprint density at radius 3 is 2.41 bits per heavy atom. The first-order chi connectivity index (χ1) is 18.1. The molecule has 1 saturated heterocycles. The number of nitrogens with zero attached hydrogens (tertiary/aromatic N) is 1. The van der Waals surface area contributed by atoms with E-state index >= 15 is 0 Å². The highest BCUT2D eigenvalue weighted by molar-refractivity contribution is 7.22. The number of morpholine rings is 1. The molecular formula is C30H31NO5S. The molecular weight excluding hydrogens is 486 g/mol. The van der Waals surface area contributed by atoms with Crippen molar-refractivity contribution >= 4 is 27.2 Å². The van der Waals surface area contributed by atoms with E-state index in [0.717, 1.165) is 76.2 Å². The van der Waals surface area contributed by atoms with Crippen LogP contribution in [0.25, 0.3) is 20.5 Å². The Morgan fingerprint density at radius 1 is 0.946 bits per heavy atom. The summed E-state index contributed by atoms with van der Waals surface area (Å²) in [6, 6.07) is 19.3. The third kappa shape index (κ3) is 5.49. The molecule has 3 aromatic carbocycles. The van der Waals surface area contributed by atoms with E-state index in [9.17, 15) is 4.79 Å². The highest BCUT2D eigenvalue weighted by Crippen LogP contribution is 2.42. The van der Waals surface area contributed by atoms with Gasteiger partial charge in [0.15, 0.2) is 5.78 Å². The van der Waals surface area contributed by atoms with Gasteiger partial charge >= 0.3 is 0 Å². The van der Waals surface area contributed by atoms with Crippen LogP contribution in [0, 0.1) is 6.92 Å². The van der Waals surface area contributed by atoms with Crippen molar-refractivity contribution in [2.45, 2.75) is 6.92 Å². The molecule has 0 bridgehead atoms. The third-order valence-electron chi connectivity index (χ3n) is 6.68. The zero-order valence-electron chi connectivity index (χ0n) is 21.4. The number of rotatable bonds is 9. The number of carbonyl (C=O) groups excluding carboxylic acids is 1. The Balaban J connectivity index is 1.42. The van der Waals surface area contributed by atoms with Crippen molar-refractivity contribution in [3.63, 3.8) is 0 Å². The molecule has 0 spiro atoms. The molecule has 2 heterocycles. The van der Waals surface area contributed by atoms with Gasteiger partial charge in [0.05, 0.1) is 27.4 Å². The quantitative estimate of drug-likeness (QED) is 0.260. The van der Waals surface area contributed by atoms with E-state index in [1.165, 1.54) is 0 Å². The number of ether oxygens (including phenoxy) is 4. The van der Waals surface area contributed by atoms with Crippen LogP contribution in [0.5, 0.6) is 17.2 Å². The van der Waals surface area contributed by atoms with Crippen LogP contribution < -0.4 is 14.2 Å². The van der Waals surface area contributed by atoms with Crippen LogP contribution >= 0.6 is 11.3 Å². The zero-order valence-corrected chi connectivity index (χ0v) is 22.2. The average Bonchev–Trinajstić information content (AvgIpc) is 3.32. The normalized spacial score (nSPS) is 14.0. The molecule has 37 heavy (non-hydrogen) atoms. The van der Waals surface area contributed by atoms with Crippen LogP contribution in [0.1, 0.15) is 21.5 Å². The van der Waals surface area contributed by atoms with Gasteiger partial charge in [0.25, 0.3) is 0 Å². The molecule has 0 saturated carbocycles. The number of ketones is 1. The second kappa shape index (κ2) is 11.3. The lowest BCUT2D eigenvalue weighted by atomic mass is 9.97. The maximum absolute atomic E-state index is 13.9. The predicted octanol–water partition coefficient (Wildman–Crippen LogP) is 5.84. The lowest BCUT2D eigenvalue weighted by Gasteiger charge is -2.26. The number of thiophene rings is 1. The first kappa shape index (κ1) is 25.3. The molecule has 6 nitrogen and oxygen atoms in total. The maximum atomic E-state index is 13.9. The van der Waals surface area contributed by atoms with E-state index < -0.39 is 0 Å². The lowest BCUT2D eigenvalue weighted by Crippen LogP contribution is -2.38. The van der Waals surface area contributed by atoms with Gasteiger partial charge in [-0.3, -0.25) is 9.69 Å². The Morgan fingerprint density at radius 2 is 1.70 bits per heavy atom. The molecule has 0 radical (unpaired) electrons. The first-order valence-electron chi connectivity index (χ1n) is 12.4. The fourth-order valence-electron chi connectivity index (χ4n) is 4.62. The highest BCUT2D eigenvalue weighted by Gasteiger charge is 2.22. The van der Waals surface area contributed by atoms with Gasteiger partial charge in [-0.15, -0.1) is 11.3 Å². The average molecular weight is 518 g/mol. The smallest absolute Gasteiger partial charge is 0.195 e. The minimum atomic E-state index is -0.0141. The van der Waals surface area contributed by atoms with Gasteiger partial charge in [0, 0.05) is 45.7 Å². The standard InChI is InChI=1S/C30H31NO5S/c1-20-18-22(6-11-26(20)34-3)30-28(25-10-9-24(33-2)19-27(25)37-30)29(32)21-4-7-23(8-5-21)36-17-14-31-12-15-35-16-13-31/h4-11,18-19H,12-17H2,1-3H3. The van der Waals surface area contributed by atoms with Crippen LogP contribution in [-0.2, 0) is 4.74 Å². The van der Waals surface area contributed by atoms with E-state index in [2.05, 4.69) is 11.0 Å². The van der Waals surface area contributed by atoms with Gasteiger partial charge in [0.1, 0.15) is 23.9 Å². The summed E-state index contributed by atoms with van der Waals surface area (Å²) in [5, 5.41) is 0.921. The summed E-state index contributed by atoms with van der Waals surface area (Å²) < 4.78 is 23.2. The summed E-state index contributed by atoms with van der Waals surface area (Å²) in [6.45, 7) is 6.90. The van der Waals surface area contributed by atoms with Gasteiger partial charge in [-0.1, -0.05) is 0 Å². The van der Waals surface area contributed by atoms with Crippen molar-refractivity contribution in [2.75, 3.05) is 53.7 Å². The Kier molecular flexibility index (Phi) is 7.74. The molecule has 1 aliphatic rings. The van der Waals surface area contributed by atoms with Crippen molar-refractivity contribution in [3.05, 3.63) is 77.4 Å². The molecule has 0 atom stereocenters. The fourth-order valence-corrected chi connectivity index (χ4v) is 5.84. The van der Waals surface area contributed by atoms with Crippen molar-refractivity contribution in [1.82, 2.24) is 4.90 Å². The minimum Gasteiger partial charge on any atom is -0.497 e. The Labute approximate surface area is 221 Å². The number of fused-ring (bicyclic) bond motifs is 1. The van der Waals surface area contributed by atoms with Gasteiger partial charge in [-0.2, -0.15) is 0 Å². The van der Waals surface area contributed by atoms with E-state index in [0.29, 0.717) is 17.7 Å². The number of benzene rings is 3. The van der Waals surface area contributed by atoms with E-state index in [4.69, 9.17) is 18.9 Å². The third-order valence-corrected chi connectivity index (χ3v) is 7.88. The highest BCUT2D eigenvalue weighted by atomic mass is 32.1. The number of hydrogen-bond acceptors (Lipinski definition) is 7. The number of carbonyl (C=O) groups is 1. The van der Waals surface area contributed by atoms with Crippen molar-refractivity contribution in [3.8, 4) is 27.7 Å².